The number of likely N-dealkylation sites (tertiary alicyclic amines) is 1. The Kier molecular flexibility index (Phi) is 10.2. The van der Waals surface area contributed by atoms with E-state index in [0.717, 1.165) is 38.2 Å². The minimum absolute atomic E-state index is 0.0218. The molecular weight excluding hydrogens is 466 g/mol. The van der Waals surface area contributed by atoms with Crippen LogP contribution in [0.15, 0.2) is 24.3 Å². The summed E-state index contributed by atoms with van der Waals surface area (Å²) in [5, 5.41) is 14.9. The molecule has 3 rings (SSSR count). The molecule has 10 heteroatoms. The first kappa shape index (κ1) is 26.8. The van der Waals surface area contributed by atoms with E-state index in [1.807, 2.05) is 37.3 Å². The lowest BCUT2D eigenvalue weighted by Gasteiger charge is -2.30. The van der Waals surface area contributed by atoms with Crippen molar-refractivity contribution in [2.75, 3.05) is 50.0 Å². The first-order valence-corrected chi connectivity index (χ1v) is 13.3. The molecule has 35 heavy (non-hydrogen) atoms. The molecule has 2 saturated heterocycles. The Morgan fingerprint density at radius 2 is 2.03 bits per heavy atom. The molecule has 2 heterocycles. The summed E-state index contributed by atoms with van der Waals surface area (Å²) in [6.45, 7) is 7.67. The largest absolute Gasteiger partial charge is 0.465 e. The van der Waals surface area contributed by atoms with Gasteiger partial charge in [0, 0.05) is 37.4 Å². The van der Waals surface area contributed by atoms with E-state index in [9.17, 15) is 19.6 Å². The van der Waals surface area contributed by atoms with Gasteiger partial charge in [0.2, 0.25) is 11.8 Å². The van der Waals surface area contributed by atoms with Crippen LogP contribution in [-0.2, 0) is 19.1 Å². The molecule has 0 bridgehead atoms. The van der Waals surface area contributed by atoms with Crippen molar-refractivity contribution in [1.82, 2.24) is 9.80 Å². The lowest BCUT2D eigenvalue weighted by atomic mass is 10.1. The number of esters is 1. The summed E-state index contributed by atoms with van der Waals surface area (Å²) in [5.41, 5.74) is 1.48. The predicted molar refractivity (Wildman–Crippen MR) is 137 cm³/mol. The lowest BCUT2D eigenvalue weighted by molar-refractivity contribution is -0.147. The van der Waals surface area contributed by atoms with Crippen molar-refractivity contribution in [3.05, 3.63) is 24.3 Å². The van der Waals surface area contributed by atoms with Crippen LogP contribution >= 0.6 is 11.8 Å². The van der Waals surface area contributed by atoms with Crippen molar-refractivity contribution in [2.24, 2.45) is 5.92 Å². The van der Waals surface area contributed by atoms with Gasteiger partial charge < -0.3 is 25.2 Å². The number of rotatable bonds is 13. The van der Waals surface area contributed by atoms with Crippen LogP contribution in [0.1, 0.15) is 39.5 Å². The normalized spacial score (nSPS) is 20.6. The number of carbonyl (C=O) groups excluding carboxylic acids is 3. The van der Waals surface area contributed by atoms with Crippen molar-refractivity contribution in [2.45, 2.75) is 50.2 Å². The number of nitriles is 1. The maximum Gasteiger partial charge on any atom is 0.326 e. The van der Waals surface area contributed by atoms with Gasteiger partial charge in [-0.05, 0) is 51.1 Å². The van der Waals surface area contributed by atoms with Crippen molar-refractivity contribution in [3.63, 3.8) is 0 Å². The highest BCUT2D eigenvalue weighted by Crippen LogP contribution is 2.37. The topological polar surface area (TPSA) is 115 Å². The quantitative estimate of drug-likeness (QED) is 0.397. The summed E-state index contributed by atoms with van der Waals surface area (Å²) in [6.07, 6.45) is 3.36. The van der Waals surface area contributed by atoms with Gasteiger partial charge in [0.05, 0.1) is 12.7 Å². The standard InChI is InChI=1S/C25H35N5O4S/c1-3-5-13-30-23(32)21(35-24(30)20(16-26)25(33)34-4-2)17-27-18-8-6-9-19(15-18)28-22(31)10-14-29-11-7-12-29/h6,8-9,15,20-21,24,27H,3-5,7,10-14,17H2,1-2H3,(H,28,31). The number of anilines is 2. The molecule has 1 aromatic rings. The van der Waals surface area contributed by atoms with Gasteiger partial charge in [-0.25, -0.2) is 0 Å². The van der Waals surface area contributed by atoms with Crippen LogP contribution in [0.4, 0.5) is 11.4 Å². The third-order valence-electron chi connectivity index (χ3n) is 6.13. The molecule has 190 valence electrons. The molecular formula is C25H35N5O4S. The molecule has 2 fully saturated rings. The summed E-state index contributed by atoms with van der Waals surface area (Å²) in [7, 11) is 0. The molecule has 2 amide bonds. The van der Waals surface area contributed by atoms with Gasteiger partial charge in [0.15, 0.2) is 5.92 Å². The van der Waals surface area contributed by atoms with Crippen LogP contribution in [0.2, 0.25) is 0 Å². The monoisotopic (exact) mass is 501 g/mol. The fourth-order valence-electron chi connectivity index (χ4n) is 4.04. The van der Waals surface area contributed by atoms with E-state index in [0.29, 0.717) is 25.2 Å². The van der Waals surface area contributed by atoms with Crippen molar-refractivity contribution in [1.29, 1.82) is 5.26 Å². The predicted octanol–water partition coefficient (Wildman–Crippen LogP) is 2.91. The van der Waals surface area contributed by atoms with E-state index in [2.05, 4.69) is 15.5 Å². The minimum atomic E-state index is -1.03. The molecule has 2 N–H and O–H groups in total. The number of amides is 2. The Bertz CT molecular complexity index is 933. The lowest BCUT2D eigenvalue weighted by Crippen LogP contribution is -2.42. The third-order valence-corrected chi connectivity index (χ3v) is 7.63. The van der Waals surface area contributed by atoms with Crippen molar-refractivity contribution < 1.29 is 19.1 Å². The van der Waals surface area contributed by atoms with Crippen LogP contribution in [0.5, 0.6) is 0 Å². The van der Waals surface area contributed by atoms with Gasteiger partial charge in [-0.1, -0.05) is 19.4 Å². The smallest absolute Gasteiger partial charge is 0.326 e. The second-order valence-electron chi connectivity index (χ2n) is 8.71. The highest BCUT2D eigenvalue weighted by atomic mass is 32.2. The first-order valence-electron chi connectivity index (χ1n) is 12.3. The number of hydrogen-bond acceptors (Lipinski definition) is 8. The Morgan fingerprint density at radius 1 is 1.26 bits per heavy atom. The van der Waals surface area contributed by atoms with Crippen LogP contribution < -0.4 is 10.6 Å². The number of carbonyl (C=O) groups is 3. The third kappa shape index (κ3) is 7.36. The average molecular weight is 502 g/mol. The fraction of sp³-hybridized carbons (Fsp3) is 0.600. The summed E-state index contributed by atoms with van der Waals surface area (Å²) >= 11 is 1.33. The number of ether oxygens (including phenoxy) is 1. The Labute approximate surface area is 211 Å². The molecule has 0 spiro atoms. The summed E-state index contributed by atoms with van der Waals surface area (Å²) in [5.74, 6) is -1.72. The van der Waals surface area contributed by atoms with Crippen LogP contribution in [-0.4, -0.2) is 77.5 Å². The number of hydrogen-bond donors (Lipinski definition) is 2. The van der Waals surface area contributed by atoms with E-state index in [1.54, 1.807) is 11.8 Å². The molecule has 9 nitrogen and oxygen atoms in total. The highest BCUT2D eigenvalue weighted by molar-refractivity contribution is 8.01. The molecule has 0 saturated carbocycles. The number of unbranched alkanes of at least 4 members (excludes halogenated alkanes) is 1. The molecule has 1 aromatic carbocycles. The zero-order chi connectivity index (χ0) is 25.2. The van der Waals surface area contributed by atoms with Crippen LogP contribution in [0.3, 0.4) is 0 Å². The van der Waals surface area contributed by atoms with E-state index in [1.165, 1.54) is 18.2 Å². The molecule has 2 aliphatic rings. The zero-order valence-corrected chi connectivity index (χ0v) is 21.3. The van der Waals surface area contributed by atoms with E-state index >= 15 is 0 Å². The summed E-state index contributed by atoms with van der Waals surface area (Å²) in [4.78, 5) is 41.7. The van der Waals surface area contributed by atoms with Gasteiger partial charge in [-0.3, -0.25) is 14.4 Å². The van der Waals surface area contributed by atoms with Gasteiger partial charge in [-0.15, -0.1) is 11.8 Å². The maximum atomic E-state index is 13.2. The van der Waals surface area contributed by atoms with E-state index in [4.69, 9.17) is 4.74 Å². The summed E-state index contributed by atoms with van der Waals surface area (Å²) in [6, 6.07) is 9.45. The van der Waals surface area contributed by atoms with Crippen molar-refractivity contribution in [3.8, 4) is 6.07 Å². The van der Waals surface area contributed by atoms with Gasteiger partial charge in [0.1, 0.15) is 10.6 Å². The first-order chi connectivity index (χ1) is 17.0. The highest BCUT2D eigenvalue weighted by Gasteiger charge is 2.46. The minimum Gasteiger partial charge on any atom is -0.465 e. The second kappa shape index (κ2) is 13.4. The van der Waals surface area contributed by atoms with Crippen molar-refractivity contribution >= 4 is 40.9 Å². The molecule has 3 atom stereocenters. The molecule has 0 radical (unpaired) electrons. The number of benzene rings is 1. The SMILES string of the molecule is CCCCN1C(=O)C(CNc2cccc(NC(=O)CCN3CCC3)c2)SC1C(C#N)C(=O)OCC. The number of thioether (sulfide) groups is 1. The Morgan fingerprint density at radius 3 is 2.69 bits per heavy atom. The summed E-state index contributed by atoms with van der Waals surface area (Å²) < 4.78 is 5.08. The Hall–Kier alpha value is -2.77. The number of nitrogens with one attached hydrogen (secondary N) is 2. The molecule has 2 aliphatic heterocycles. The average Bonchev–Trinajstić information content (AvgIpc) is 3.11. The van der Waals surface area contributed by atoms with Gasteiger partial charge in [-0.2, -0.15) is 5.26 Å². The number of nitrogens with zero attached hydrogens (tertiary/aromatic N) is 3. The Balaban J connectivity index is 1.59. The van der Waals surface area contributed by atoms with E-state index in [-0.39, 0.29) is 18.4 Å². The van der Waals surface area contributed by atoms with Gasteiger partial charge in [0.25, 0.3) is 0 Å². The van der Waals surface area contributed by atoms with Crippen LogP contribution in [0.25, 0.3) is 0 Å². The van der Waals surface area contributed by atoms with Gasteiger partial charge >= 0.3 is 5.97 Å². The fourth-order valence-corrected chi connectivity index (χ4v) is 5.49. The van der Waals surface area contributed by atoms with E-state index < -0.39 is 22.5 Å². The second-order valence-corrected chi connectivity index (χ2v) is 10.0. The molecule has 0 aromatic heterocycles. The van der Waals surface area contributed by atoms with Crippen LogP contribution in [0, 0.1) is 17.2 Å². The molecule has 0 aliphatic carbocycles. The zero-order valence-electron chi connectivity index (χ0n) is 20.5. The molecule has 3 unspecified atom stereocenters. The maximum absolute atomic E-state index is 13.2.